The molecule has 0 saturated carbocycles. The summed E-state index contributed by atoms with van der Waals surface area (Å²) in [6.07, 6.45) is -6.45. The molecule has 4 N–H and O–H groups in total. The molecule has 0 saturated heterocycles. The normalized spacial score (nSPS) is 14.9. The number of carbonyl (C=O) groups is 2. The van der Waals surface area contributed by atoms with E-state index in [1.807, 2.05) is 0 Å². The lowest BCUT2D eigenvalue weighted by Crippen LogP contribution is -2.51. The molecule has 0 aliphatic carbocycles. The van der Waals surface area contributed by atoms with Crippen molar-refractivity contribution in [3.05, 3.63) is 57.6 Å². The number of alkyl halides is 3. The Kier molecular flexibility index (Phi) is 10.4. The van der Waals surface area contributed by atoms with E-state index < -0.39 is 60.9 Å². The standard InChI is InChI=1S/C24H25ClF4N4O5S/c1-12(34)2-5-17(20(36)32-16(6-7-24(27,28)29)19(35)23-30-8-9-39-23)33-21(37)18-11-31-22(38-18)13-3-4-14(25)15(26)10-13/h3-4,8-12,16-17,19,34-35H,2,5-7H2,1H3,(H,32,36)(H,33,37)/t12?,16-,17-,19?/m0/s1. The van der Waals surface area contributed by atoms with Crippen LogP contribution in [0.3, 0.4) is 0 Å². The maximum absolute atomic E-state index is 13.8. The second kappa shape index (κ2) is 13.3. The number of nitrogens with zero attached hydrogens (tertiary/aromatic N) is 2. The minimum atomic E-state index is -4.54. The number of aliphatic hydroxyl groups excluding tert-OH is 2. The molecule has 0 spiro atoms. The smallest absolute Gasteiger partial charge is 0.389 e. The van der Waals surface area contributed by atoms with Crippen LogP contribution in [0.15, 0.2) is 40.4 Å². The first-order chi connectivity index (χ1) is 18.3. The molecule has 1 aromatic carbocycles. The van der Waals surface area contributed by atoms with Crippen molar-refractivity contribution < 1.29 is 41.8 Å². The molecule has 0 radical (unpaired) electrons. The number of carbonyl (C=O) groups excluding carboxylic acids is 2. The number of aliphatic hydroxyl groups is 2. The van der Waals surface area contributed by atoms with Crippen LogP contribution in [-0.2, 0) is 4.79 Å². The number of thiazole rings is 1. The Hall–Kier alpha value is -3.07. The van der Waals surface area contributed by atoms with Crippen molar-refractivity contribution in [2.45, 2.75) is 63.1 Å². The minimum absolute atomic E-state index is 0.0618. The van der Waals surface area contributed by atoms with E-state index >= 15 is 0 Å². The predicted molar refractivity (Wildman–Crippen MR) is 133 cm³/mol. The largest absolute Gasteiger partial charge is 0.431 e. The van der Waals surface area contributed by atoms with Crippen LogP contribution in [-0.4, -0.2) is 56.4 Å². The second-order valence-corrected chi connectivity index (χ2v) is 10.0. The van der Waals surface area contributed by atoms with Gasteiger partial charge in [-0.1, -0.05) is 11.6 Å². The maximum atomic E-state index is 13.8. The molecule has 3 rings (SSSR count). The summed E-state index contributed by atoms with van der Waals surface area (Å²) >= 11 is 6.67. The van der Waals surface area contributed by atoms with E-state index in [0.717, 1.165) is 23.6 Å². The molecule has 2 aromatic heterocycles. The number of halogens is 5. The molecule has 0 bridgehead atoms. The highest BCUT2D eigenvalue weighted by molar-refractivity contribution is 7.09. The van der Waals surface area contributed by atoms with E-state index in [9.17, 15) is 37.4 Å². The quantitative estimate of drug-likeness (QED) is 0.229. The van der Waals surface area contributed by atoms with E-state index in [1.165, 1.54) is 30.6 Å². The van der Waals surface area contributed by atoms with Gasteiger partial charge in [0.2, 0.25) is 17.6 Å². The van der Waals surface area contributed by atoms with Crippen LogP contribution in [0.25, 0.3) is 11.5 Å². The van der Waals surface area contributed by atoms with Gasteiger partial charge in [-0.25, -0.2) is 14.4 Å². The Morgan fingerprint density at radius 2 is 1.90 bits per heavy atom. The molecule has 212 valence electrons. The van der Waals surface area contributed by atoms with Crippen LogP contribution < -0.4 is 10.6 Å². The average Bonchev–Trinajstić information content (AvgIpc) is 3.57. The molecule has 3 aromatic rings. The highest BCUT2D eigenvalue weighted by atomic mass is 35.5. The van der Waals surface area contributed by atoms with Crippen molar-refractivity contribution in [3.63, 3.8) is 0 Å². The van der Waals surface area contributed by atoms with Gasteiger partial charge in [-0.05, 0) is 44.4 Å². The fourth-order valence-corrected chi connectivity index (χ4v) is 4.32. The molecule has 4 atom stereocenters. The molecule has 2 amide bonds. The summed E-state index contributed by atoms with van der Waals surface area (Å²) in [6.45, 7) is 1.46. The van der Waals surface area contributed by atoms with Crippen molar-refractivity contribution >= 4 is 34.8 Å². The minimum Gasteiger partial charge on any atom is -0.431 e. The molecule has 2 unspecified atom stereocenters. The van der Waals surface area contributed by atoms with Crippen molar-refractivity contribution in [2.24, 2.45) is 0 Å². The third kappa shape index (κ3) is 8.98. The van der Waals surface area contributed by atoms with Crippen molar-refractivity contribution in [2.75, 3.05) is 0 Å². The number of hydrogen-bond donors (Lipinski definition) is 4. The topological polar surface area (TPSA) is 138 Å². The van der Waals surface area contributed by atoms with Gasteiger partial charge in [0.25, 0.3) is 5.91 Å². The summed E-state index contributed by atoms with van der Waals surface area (Å²) in [5.74, 6) is -2.92. The number of nitrogens with one attached hydrogen (secondary N) is 2. The van der Waals surface area contributed by atoms with Gasteiger partial charge in [0.05, 0.1) is 23.4 Å². The van der Waals surface area contributed by atoms with E-state index in [0.29, 0.717) is 0 Å². The maximum Gasteiger partial charge on any atom is 0.389 e. The van der Waals surface area contributed by atoms with E-state index in [4.69, 9.17) is 16.0 Å². The molecular formula is C24H25ClF4N4O5S. The molecule has 0 aliphatic rings. The van der Waals surface area contributed by atoms with Gasteiger partial charge >= 0.3 is 6.18 Å². The predicted octanol–water partition coefficient (Wildman–Crippen LogP) is 4.41. The van der Waals surface area contributed by atoms with Crippen molar-refractivity contribution in [1.29, 1.82) is 0 Å². The van der Waals surface area contributed by atoms with Gasteiger partial charge in [0.1, 0.15) is 23.0 Å². The van der Waals surface area contributed by atoms with Crippen LogP contribution >= 0.6 is 22.9 Å². The molecule has 39 heavy (non-hydrogen) atoms. The lowest BCUT2D eigenvalue weighted by Gasteiger charge is -2.26. The number of rotatable bonds is 12. The number of benzene rings is 1. The van der Waals surface area contributed by atoms with Crippen LogP contribution in [0, 0.1) is 5.82 Å². The first-order valence-electron chi connectivity index (χ1n) is 11.7. The number of hydrogen-bond acceptors (Lipinski definition) is 8. The van der Waals surface area contributed by atoms with Gasteiger partial charge in [-0.2, -0.15) is 13.2 Å². The molecule has 2 heterocycles. The van der Waals surface area contributed by atoms with Crippen molar-refractivity contribution in [1.82, 2.24) is 20.6 Å². The van der Waals surface area contributed by atoms with Gasteiger partial charge in [0, 0.05) is 23.6 Å². The number of aromatic nitrogens is 2. The summed E-state index contributed by atoms with van der Waals surface area (Å²) in [5.41, 5.74) is 0.197. The second-order valence-electron chi connectivity index (χ2n) is 8.70. The Labute approximate surface area is 229 Å². The summed E-state index contributed by atoms with van der Waals surface area (Å²) in [6, 6.07) is 1.08. The van der Waals surface area contributed by atoms with Gasteiger partial charge in [-0.3, -0.25) is 9.59 Å². The first kappa shape index (κ1) is 30.5. The van der Waals surface area contributed by atoms with Crippen LogP contribution in [0.1, 0.15) is 54.3 Å². The third-order valence-corrected chi connectivity index (χ3v) is 6.70. The summed E-state index contributed by atoms with van der Waals surface area (Å²) in [5, 5.41) is 26.6. The Balaban J connectivity index is 1.76. The molecular weight excluding hydrogens is 568 g/mol. The molecule has 0 aliphatic heterocycles. The highest BCUT2D eigenvalue weighted by Crippen LogP contribution is 2.28. The van der Waals surface area contributed by atoms with Crippen LogP contribution in [0.5, 0.6) is 0 Å². The Morgan fingerprint density at radius 3 is 2.51 bits per heavy atom. The fraction of sp³-hybridized carbons (Fsp3) is 0.417. The van der Waals surface area contributed by atoms with E-state index in [-0.39, 0.29) is 40.1 Å². The average molecular weight is 593 g/mol. The Morgan fingerprint density at radius 1 is 1.15 bits per heavy atom. The third-order valence-electron chi connectivity index (χ3n) is 5.54. The summed E-state index contributed by atoms with van der Waals surface area (Å²) < 4.78 is 57.9. The zero-order valence-electron chi connectivity index (χ0n) is 20.4. The zero-order valence-corrected chi connectivity index (χ0v) is 22.0. The van der Waals surface area contributed by atoms with E-state index in [2.05, 4.69) is 20.6 Å². The van der Waals surface area contributed by atoms with Crippen molar-refractivity contribution in [3.8, 4) is 11.5 Å². The lowest BCUT2D eigenvalue weighted by molar-refractivity contribution is -0.140. The molecule has 9 nitrogen and oxygen atoms in total. The van der Waals surface area contributed by atoms with Gasteiger partial charge in [-0.15, -0.1) is 11.3 Å². The molecule has 15 heteroatoms. The number of amides is 2. The van der Waals surface area contributed by atoms with Crippen LogP contribution in [0.4, 0.5) is 17.6 Å². The van der Waals surface area contributed by atoms with Gasteiger partial charge in [0.15, 0.2) is 0 Å². The lowest BCUT2D eigenvalue weighted by atomic mass is 10.0. The highest BCUT2D eigenvalue weighted by Gasteiger charge is 2.34. The zero-order chi connectivity index (χ0) is 28.7. The summed E-state index contributed by atoms with van der Waals surface area (Å²) in [7, 11) is 0. The Bertz CT molecular complexity index is 1260. The summed E-state index contributed by atoms with van der Waals surface area (Å²) in [4.78, 5) is 33.8. The van der Waals surface area contributed by atoms with Crippen LogP contribution in [0.2, 0.25) is 5.02 Å². The first-order valence-corrected chi connectivity index (χ1v) is 12.9. The SMILES string of the molecule is CC(O)CC[C@H](NC(=O)c1cnc(-c2ccc(Cl)c(F)c2)o1)C(=O)N[C@@H](CCC(F)(F)F)C(O)c1nccs1. The number of oxazole rings is 1. The molecule has 0 fully saturated rings. The fourth-order valence-electron chi connectivity index (χ4n) is 3.51. The monoisotopic (exact) mass is 592 g/mol. The van der Waals surface area contributed by atoms with Gasteiger partial charge < -0.3 is 25.3 Å². The van der Waals surface area contributed by atoms with E-state index in [1.54, 1.807) is 0 Å².